The molecular formula is C18H21ClFNO5. The number of nitrogens with one attached hydrogen (secondary N) is 1. The van der Waals surface area contributed by atoms with Crippen LogP contribution in [-0.4, -0.2) is 37.6 Å². The third-order valence-electron chi connectivity index (χ3n) is 3.72. The quantitative estimate of drug-likeness (QED) is 0.549. The van der Waals surface area contributed by atoms with Gasteiger partial charge in [-0.1, -0.05) is 37.9 Å². The lowest BCUT2D eigenvalue weighted by molar-refractivity contribution is -0.148. The predicted octanol–water partition coefficient (Wildman–Crippen LogP) is 2.74. The third kappa shape index (κ3) is 6.48. The Labute approximate surface area is 156 Å². The topological polar surface area (TPSA) is 81.7 Å². The number of benzene rings is 1. The molecular weight excluding hydrogens is 365 g/mol. The summed E-state index contributed by atoms with van der Waals surface area (Å²) in [6, 6.07) is 3.29. The van der Waals surface area contributed by atoms with Gasteiger partial charge >= 0.3 is 11.9 Å². The van der Waals surface area contributed by atoms with Crippen LogP contribution in [0.1, 0.15) is 25.8 Å². The van der Waals surface area contributed by atoms with Gasteiger partial charge in [0, 0.05) is 11.6 Å². The van der Waals surface area contributed by atoms with Crippen LogP contribution in [0.2, 0.25) is 5.02 Å². The van der Waals surface area contributed by atoms with Crippen LogP contribution < -0.4 is 5.32 Å². The van der Waals surface area contributed by atoms with Crippen molar-refractivity contribution in [3.05, 3.63) is 40.7 Å². The van der Waals surface area contributed by atoms with Gasteiger partial charge in [-0.2, -0.15) is 0 Å². The zero-order chi connectivity index (χ0) is 19.7. The van der Waals surface area contributed by atoms with Crippen molar-refractivity contribution in [2.45, 2.75) is 26.3 Å². The minimum Gasteiger partial charge on any atom is -0.467 e. The van der Waals surface area contributed by atoms with E-state index in [0.717, 1.165) is 12.2 Å². The van der Waals surface area contributed by atoms with Crippen LogP contribution in [0.3, 0.4) is 0 Å². The molecule has 0 bridgehead atoms. The number of methoxy groups -OCH3 is 1. The van der Waals surface area contributed by atoms with Gasteiger partial charge in [0.15, 0.2) is 6.61 Å². The predicted molar refractivity (Wildman–Crippen MR) is 94.8 cm³/mol. The zero-order valence-electron chi connectivity index (χ0n) is 14.8. The Morgan fingerprint density at radius 2 is 2.04 bits per heavy atom. The second-order valence-electron chi connectivity index (χ2n) is 5.53. The molecule has 2 atom stereocenters. The van der Waals surface area contributed by atoms with Crippen molar-refractivity contribution in [3.8, 4) is 0 Å². The summed E-state index contributed by atoms with van der Waals surface area (Å²) >= 11 is 5.83. The molecule has 0 radical (unpaired) electrons. The fraction of sp³-hybridized carbons (Fsp3) is 0.389. The molecule has 26 heavy (non-hydrogen) atoms. The second kappa shape index (κ2) is 10.6. The highest BCUT2D eigenvalue weighted by molar-refractivity contribution is 6.32. The zero-order valence-corrected chi connectivity index (χ0v) is 15.5. The Kier molecular flexibility index (Phi) is 8.78. The first-order chi connectivity index (χ1) is 12.3. The molecule has 8 heteroatoms. The van der Waals surface area contributed by atoms with Crippen molar-refractivity contribution in [1.82, 2.24) is 5.32 Å². The Hall–Kier alpha value is -2.41. The summed E-state index contributed by atoms with van der Waals surface area (Å²) in [5.74, 6) is -2.81. The number of rotatable bonds is 8. The summed E-state index contributed by atoms with van der Waals surface area (Å²) < 4.78 is 23.0. The number of halogens is 2. The van der Waals surface area contributed by atoms with E-state index in [1.165, 1.54) is 25.3 Å². The van der Waals surface area contributed by atoms with E-state index in [9.17, 15) is 18.8 Å². The van der Waals surface area contributed by atoms with E-state index in [0.29, 0.717) is 6.42 Å². The average Bonchev–Trinajstić information content (AvgIpc) is 2.62. The standard InChI is InChI=1S/C18H21ClFNO5/c1-4-11(2)17(18(24)25-3)21-15(22)10-26-16(23)9-8-12-13(19)6-5-7-14(12)20/h5-9,11,17H,4,10H2,1-3H3,(H,21,22)/b9-8+/t11-,17+/m0/s1. The number of amides is 1. The molecule has 6 nitrogen and oxygen atoms in total. The second-order valence-corrected chi connectivity index (χ2v) is 5.94. The molecule has 1 aromatic rings. The highest BCUT2D eigenvalue weighted by Gasteiger charge is 2.26. The van der Waals surface area contributed by atoms with Gasteiger partial charge in [0.2, 0.25) is 0 Å². The number of hydrogen-bond donors (Lipinski definition) is 1. The smallest absolute Gasteiger partial charge is 0.331 e. The monoisotopic (exact) mass is 385 g/mol. The lowest BCUT2D eigenvalue weighted by Crippen LogP contribution is -2.47. The molecule has 0 aromatic heterocycles. The molecule has 0 fully saturated rings. The van der Waals surface area contributed by atoms with Crippen molar-refractivity contribution in [2.24, 2.45) is 5.92 Å². The van der Waals surface area contributed by atoms with Gasteiger partial charge in [-0.15, -0.1) is 0 Å². The normalized spacial score (nSPS) is 13.1. The first-order valence-electron chi connectivity index (χ1n) is 7.96. The van der Waals surface area contributed by atoms with E-state index in [4.69, 9.17) is 16.3 Å². The van der Waals surface area contributed by atoms with Crippen LogP contribution in [0.5, 0.6) is 0 Å². The molecule has 142 valence electrons. The van der Waals surface area contributed by atoms with Gasteiger partial charge in [0.05, 0.1) is 12.1 Å². The number of carbonyl (C=O) groups excluding carboxylic acids is 3. The number of esters is 2. The van der Waals surface area contributed by atoms with Crippen LogP contribution in [0.15, 0.2) is 24.3 Å². The Morgan fingerprint density at radius 3 is 2.62 bits per heavy atom. The van der Waals surface area contributed by atoms with Gasteiger partial charge in [-0.25, -0.2) is 14.0 Å². The summed E-state index contributed by atoms with van der Waals surface area (Å²) in [7, 11) is 1.22. The van der Waals surface area contributed by atoms with E-state index < -0.39 is 36.3 Å². The van der Waals surface area contributed by atoms with Crippen molar-refractivity contribution in [2.75, 3.05) is 13.7 Å². The van der Waals surface area contributed by atoms with Crippen molar-refractivity contribution < 1.29 is 28.2 Å². The number of hydrogen-bond acceptors (Lipinski definition) is 5. The van der Waals surface area contributed by atoms with Crippen LogP contribution in [0.4, 0.5) is 4.39 Å². The molecule has 0 aliphatic heterocycles. The minimum absolute atomic E-state index is 0.0399. The van der Waals surface area contributed by atoms with Gasteiger partial charge in [0.1, 0.15) is 11.9 Å². The first-order valence-corrected chi connectivity index (χ1v) is 8.34. The highest BCUT2D eigenvalue weighted by Crippen LogP contribution is 2.20. The Balaban J connectivity index is 2.59. The number of carbonyl (C=O) groups is 3. The Bertz CT molecular complexity index is 672. The fourth-order valence-corrected chi connectivity index (χ4v) is 2.24. The van der Waals surface area contributed by atoms with Crippen LogP contribution in [0, 0.1) is 11.7 Å². The van der Waals surface area contributed by atoms with Crippen molar-refractivity contribution in [3.63, 3.8) is 0 Å². The van der Waals surface area contributed by atoms with Crippen LogP contribution in [-0.2, 0) is 23.9 Å². The molecule has 0 aliphatic rings. The fourth-order valence-electron chi connectivity index (χ4n) is 2.02. The molecule has 1 N–H and O–H groups in total. The van der Waals surface area contributed by atoms with Crippen molar-refractivity contribution in [1.29, 1.82) is 0 Å². The molecule has 0 saturated heterocycles. The molecule has 1 amide bonds. The van der Waals surface area contributed by atoms with Crippen LogP contribution >= 0.6 is 11.6 Å². The van der Waals surface area contributed by atoms with E-state index in [-0.39, 0.29) is 16.5 Å². The van der Waals surface area contributed by atoms with Gasteiger partial charge < -0.3 is 14.8 Å². The van der Waals surface area contributed by atoms with Gasteiger partial charge in [0.25, 0.3) is 5.91 Å². The number of ether oxygens (including phenoxy) is 2. The summed E-state index contributed by atoms with van der Waals surface area (Å²) in [5.41, 5.74) is 0.0399. The molecule has 0 spiro atoms. The molecule has 1 rings (SSSR count). The summed E-state index contributed by atoms with van der Waals surface area (Å²) in [4.78, 5) is 35.2. The molecule has 0 aliphatic carbocycles. The first kappa shape index (κ1) is 21.6. The maximum absolute atomic E-state index is 13.6. The SMILES string of the molecule is CC[C@H](C)[C@@H](NC(=O)COC(=O)/C=C/c1c(F)cccc1Cl)C(=O)OC. The Morgan fingerprint density at radius 1 is 1.35 bits per heavy atom. The summed E-state index contributed by atoms with van der Waals surface area (Å²) in [5, 5.41) is 2.61. The lowest BCUT2D eigenvalue weighted by Gasteiger charge is -2.21. The average molecular weight is 386 g/mol. The maximum atomic E-state index is 13.6. The van der Waals surface area contributed by atoms with Gasteiger partial charge in [-0.05, 0) is 24.1 Å². The lowest BCUT2D eigenvalue weighted by atomic mass is 9.99. The summed E-state index contributed by atoms with van der Waals surface area (Å²) in [6.07, 6.45) is 2.77. The minimum atomic E-state index is -0.849. The van der Waals surface area contributed by atoms with Gasteiger partial charge in [-0.3, -0.25) is 4.79 Å². The summed E-state index contributed by atoms with van der Waals surface area (Å²) in [6.45, 7) is 3.07. The highest BCUT2D eigenvalue weighted by atomic mass is 35.5. The van der Waals surface area contributed by atoms with E-state index in [1.54, 1.807) is 6.92 Å². The van der Waals surface area contributed by atoms with E-state index >= 15 is 0 Å². The van der Waals surface area contributed by atoms with Crippen molar-refractivity contribution >= 4 is 35.5 Å². The molecule has 0 heterocycles. The largest absolute Gasteiger partial charge is 0.467 e. The van der Waals surface area contributed by atoms with E-state index in [2.05, 4.69) is 10.1 Å². The third-order valence-corrected chi connectivity index (χ3v) is 4.05. The molecule has 0 unspecified atom stereocenters. The van der Waals surface area contributed by atoms with E-state index in [1.807, 2.05) is 6.92 Å². The maximum Gasteiger partial charge on any atom is 0.331 e. The molecule has 1 aromatic carbocycles. The molecule has 0 saturated carbocycles. The van der Waals surface area contributed by atoms with Crippen LogP contribution in [0.25, 0.3) is 6.08 Å².